The number of hydrogen-bond donors (Lipinski definition) is 2. The van der Waals surface area contributed by atoms with Crippen molar-refractivity contribution in [3.05, 3.63) is 52.8 Å². The third-order valence-corrected chi connectivity index (χ3v) is 4.12. The number of hydrogen-bond acceptors (Lipinski definition) is 3. The molecular formula is C15H14ClFN2OS. The highest BCUT2D eigenvalue weighted by molar-refractivity contribution is 8.00. The van der Waals surface area contributed by atoms with Crippen molar-refractivity contribution in [3.8, 4) is 0 Å². The van der Waals surface area contributed by atoms with Crippen LogP contribution in [-0.4, -0.2) is 11.7 Å². The largest absolute Gasteiger partial charge is 0.398 e. The van der Waals surface area contributed by atoms with Crippen molar-refractivity contribution in [1.82, 2.24) is 0 Å². The molecule has 0 aliphatic heterocycles. The number of carbonyl (C=O) groups excluding carboxylic acids is 1. The van der Waals surface area contributed by atoms with Crippen molar-refractivity contribution < 1.29 is 9.18 Å². The maximum Gasteiger partial charge on any atom is 0.234 e. The molecular weight excluding hydrogens is 311 g/mol. The Balaban J connectivity index is 1.96. The summed E-state index contributed by atoms with van der Waals surface area (Å²) in [5, 5.41) is 3.43. The lowest BCUT2D eigenvalue weighted by atomic mass is 10.2. The molecule has 0 saturated carbocycles. The zero-order valence-electron chi connectivity index (χ0n) is 11.3. The van der Waals surface area contributed by atoms with E-state index in [2.05, 4.69) is 5.32 Å². The van der Waals surface area contributed by atoms with E-state index in [1.54, 1.807) is 24.3 Å². The average Bonchev–Trinajstić information content (AvgIpc) is 2.41. The molecule has 1 amide bonds. The molecule has 0 aliphatic carbocycles. The number of anilines is 2. The Morgan fingerprint density at radius 2 is 2.10 bits per heavy atom. The number of thioether (sulfide) groups is 1. The Hall–Kier alpha value is -1.72. The van der Waals surface area contributed by atoms with Gasteiger partial charge in [0, 0.05) is 21.3 Å². The van der Waals surface area contributed by atoms with Crippen molar-refractivity contribution >= 4 is 40.6 Å². The van der Waals surface area contributed by atoms with Crippen molar-refractivity contribution in [2.45, 2.75) is 11.8 Å². The Morgan fingerprint density at radius 1 is 1.33 bits per heavy atom. The first-order valence-corrected chi connectivity index (χ1v) is 7.56. The molecule has 0 saturated heterocycles. The minimum atomic E-state index is -0.391. The van der Waals surface area contributed by atoms with Crippen molar-refractivity contribution in [3.63, 3.8) is 0 Å². The second-order valence-corrected chi connectivity index (χ2v) is 5.93. The lowest BCUT2D eigenvalue weighted by molar-refractivity contribution is -0.113. The van der Waals surface area contributed by atoms with Crippen LogP contribution in [0.2, 0.25) is 5.02 Å². The molecule has 0 bridgehead atoms. The van der Waals surface area contributed by atoms with Crippen molar-refractivity contribution in [1.29, 1.82) is 0 Å². The highest BCUT2D eigenvalue weighted by Crippen LogP contribution is 2.26. The molecule has 0 unspecified atom stereocenters. The van der Waals surface area contributed by atoms with E-state index >= 15 is 0 Å². The Bertz CT molecular complexity index is 679. The van der Waals surface area contributed by atoms with Crippen LogP contribution in [-0.2, 0) is 4.79 Å². The van der Waals surface area contributed by atoms with Crippen LogP contribution in [0.4, 0.5) is 15.8 Å². The summed E-state index contributed by atoms with van der Waals surface area (Å²) in [5.41, 5.74) is 7.63. The highest BCUT2D eigenvalue weighted by atomic mass is 35.5. The third-order valence-electron chi connectivity index (χ3n) is 2.79. The SMILES string of the molecule is Cc1cc(Cl)ccc1NC(=O)CSc1ccc(F)cc1N. The van der Waals surface area contributed by atoms with Gasteiger partial charge in [-0.2, -0.15) is 0 Å². The van der Waals surface area contributed by atoms with Crippen LogP contribution in [0.25, 0.3) is 0 Å². The second-order valence-electron chi connectivity index (χ2n) is 4.48. The van der Waals surface area contributed by atoms with E-state index in [-0.39, 0.29) is 11.7 Å². The van der Waals surface area contributed by atoms with Crippen LogP contribution in [0, 0.1) is 12.7 Å². The van der Waals surface area contributed by atoms with E-state index in [1.807, 2.05) is 6.92 Å². The molecule has 2 aromatic rings. The smallest absolute Gasteiger partial charge is 0.234 e. The predicted molar refractivity (Wildman–Crippen MR) is 86.4 cm³/mol. The lowest BCUT2D eigenvalue weighted by Crippen LogP contribution is -2.14. The summed E-state index contributed by atoms with van der Waals surface area (Å²) in [5.74, 6) is -0.356. The van der Waals surface area contributed by atoms with Crippen LogP contribution in [0.1, 0.15) is 5.56 Å². The number of nitrogen functional groups attached to an aromatic ring is 1. The summed E-state index contributed by atoms with van der Waals surface area (Å²) in [4.78, 5) is 12.6. The van der Waals surface area contributed by atoms with Gasteiger partial charge < -0.3 is 11.1 Å². The number of rotatable bonds is 4. The molecule has 0 heterocycles. The molecule has 21 heavy (non-hydrogen) atoms. The van der Waals surface area contributed by atoms with Gasteiger partial charge in [0.2, 0.25) is 5.91 Å². The van der Waals surface area contributed by atoms with Gasteiger partial charge in [-0.05, 0) is 48.9 Å². The van der Waals surface area contributed by atoms with Gasteiger partial charge in [-0.15, -0.1) is 11.8 Å². The fourth-order valence-corrected chi connectivity index (χ4v) is 2.72. The quantitative estimate of drug-likeness (QED) is 0.657. The maximum atomic E-state index is 12.9. The van der Waals surface area contributed by atoms with Gasteiger partial charge >= 0.3 is 0 Å². The topological polar surface area (TPSA) is 55.1 Å². The van der Waals surface area contributed by atoms with E-state index in [9.17, 15) is 9.18 Å². The van der Waals surface area contributed by atoms with E-state index in [0.29, 0.717) is 15.6 Å². The van der Waals surface area contributed by atoms with E-state index in [1.165, 1.54) is 23.9 Å². The molecule has 6 heteroatoms. The zero-order valence-corrected chi connectivity index (χ0v) is 12.9. The molecule has 2 rings (SSSR count). The molecule has 3 N–H and O–H groups in total. The van der Waals surface area contributed by atoms with Crippen LogP contribution in [0.5, 0.6) is 0 Å². The fraction of sp³-hybridized carbons (Fsp3) is 0.133. The predicted octanol–water partition coefficient (Wildman–Crippen LogP) is 4.10. The fourth-order valence-electron chi connectivity index (χ4n) is 1.75. The van der Waals surface area contributed by atoms with Crippen LogP contribution in [0.15, 0.2) is 41.3 Å². The summed E-state index contributed by atoms with van der Waals surface area (Å²) in [6.07, 6.45) is 0. The number of nitrogens with one attached hydrogen (secondary N) is 1. The van der Waals surface area contributed by atoms with Crippen LogP contribution in [0.3, 0.4) is 0 Å². The molecule has 0 atom stereocenters. The minimum absolute atomic E-state index is 0.158. The first kappa shape index (κ1) is 15.7. The monoisotopic (exact) mass is 324 g/mol. The first-order chi connectivity index (χ1) is 9.95. The number of halogens is 2. The zero-order chi connectivity index (χ0) is 15.4. The van der Waals surface area contributed by atoms with Gasteiger partial charge in [0.1, 0.15) is 5.82 Å². The van der Waals surface area contributed by atoms with E-state index in [0.717, 1.165) is 11.3 Å². The molecule has 0 aromatic heterocycles. The normalized spacial score (nSPS) is 10.4. The summed E-state index contributed by atoms with van der Waals surface area (Å²) < 4.78 is 12.9. The molecule has 110 valence electrons. The first-order valence-electron chi connectivity index (χ1n) is 6.19. The number of carbonyl (C=O) groups is 1. The van der Waals surface area contributed by atoms with Gasteiger partial charge in [0.15, 0.2) is 0 Å². The Kier molecular flexibility index (Phi) is 5.09. The minimum Gasteiger partial charge on any atom is -0.398 e. The Morgan fingerprint density at radius 3 is 2.76 bits per heavy atom. The molecule has 0 aliphatic rings. The third kappa shape index (κ3) is 4.37. The maximum absolute atomic E-state index is 12.9. The van der Waals surface area contributed by atoms with Crippen molar-refractivity contribution in [2.75, 3.05) is 16.8 Å². The van der Waals surface area contributed by atoms with Crippen LogP contribution >= 0.6 is 23.4 Å². The number of benzene rings is 2. The molecule has 0 fully saturated rings. The average molecular weight is 325 g/mol. The standard InChI is InChI=1S/C15H14ClFN2OS/c1-9-6-10(16)2-4-13(9)19-15(20)8-21-14-5-3-11(17)7-12(14)18/h2-7H,8,18H2,1H3,(H,19,20). The summed E-state index contributed by atoms with van der Waals surface area (Å²) in [6.45, 7) is 1.87. The molecule has 3 nitrogen and oxygen atoms in total. The van der Waals surface area contributed by atoms with E-state index in [4.69, 9.17) is 17.3 Å². The molecule has 2 aromatic carbocycles. The van der Waals surface area contributed by atoms with Gasteiger partial charge in [-0.1, -0.05) is 11.6 Å². The van der Waals surface area contributed by atoms with Gasteiger partial charge in [0.25, 0.3) is 0 Å². The van der Waals surface area contributed by atoms with Crippen molar-refractivity contribution in [2.24, 2.45) is 0 Å². The summed E-state index contributed by atoms with van der Waals surface area (Å²) in [6, 6.07) is 9.38. The van der Waals surface area contributed by atoms with Gasteiger partial charge in [-0.3, -0.25) is 4.79 Å². The van der Waals surface area contributed by atoms with Gasteiger partial charge in [0.05, 0.1) is 5.75 Å². The summed E-state index contributed by atoms with van der Waals surface area (Å²) in [7, 11) is 0. The Labute approximate surface area is 131 Å². The summed E-state index contributed by atoms with van der Waals surface area (Å²) >= 11 is 7.13. The van der Waals surface area contributed by atoms with Gasteiger partial charge in [-0.25, -0.2) is 4.39 Å². The second kappa shape index (κ2) is 6.83. The number of aryl methyl sites for hydroxylation is 1. The van der Waals surface area contributed by atoms with E-state index < -0.39 is 5.82 Å². The molecule has 0 spiro atoms. The molecule has 0 radical (unpaired) electrons. The number of amides is 1. The lowest BCUT2D eigenvalue weighted by Gasteiger charge is -2.09. The number of nitrogens with two attached hydrogens (primary N) is 1. The highest BCUT2D eigenvalue weighted by Gasteiger charge is 2.08. The van der Waals surface area contributed by atoms with Crippen LogP contribution < -0.4 is 11.1 Å².